The van der Waals surface area contributed by atoms with Crippen LogP contribution in [0, 0.1) is 5.92 Å². The summed E-state index contributed by atoms with van der Waals surface area (Å²) < 4.78 is 0.895. The van der Waals surface area contributed by atoms with Gasteiger partial charge in [0.25, 0.3) is 0 Å². The summed E-state index contributed by atoms with van der Waals surface area (Å²) in [6, 6.07) is 5.38. The summed E-state index contributed by atoms with van der Waals surface area (Å²) >= 11 is 7.71. The summed E-state index contributed by atoms with van der Waals surface area (Å²) in [5, 5.41) is 3.68. The Bertz CT molecular complexity index is 380. The van der Waals surface area contributed by atoms with E-state index in [1.54, 1.807) is 11.3 Å². The minimum absolute atomic E-state index is 0.603. The Morgan fingerprint density at radius 1 is 1.56 bits per heavy atom. The van der Waals surface area contributed by atoms with Gasteiger partial charge in [0.05, 0.1) is 4.34 Å². The molecule has 0 amide bonds. The van der Waals surface area contributed by atoms with Crippen LogP contribution in [0.15, 0.2) is 12.1 Å². The van der Waals surface area contributed by atoms with E-state index >= 15 is 0 Å². The van der Waals surface area contributed by atoms with Gasteiger partial charge in [0.1, 0.15) is 0 Å². The molecule has 102 valence electrons. The lowest BCUT2D eigenvalue weighted by molar-refractivity contribution is 0.113. The predicted molar refractivity (Wildman–Crippen MR) is 80.4 cm³/mol. The van der Waals surface area contributed by atoms with Crippen molar-refractivity contribution in [1.82, 2.24) is 10.2 Å². The second-order valence-electron chi connectivity index (χ2n) is 5.38. The van der Waals surface area contributed by atoms with E-state index in [9.17, 15) is 0 Å². The highest BCUT2D eigenvalue weighted by molar-refractivity contribution is 7.16. The van der Waals surface area contributed by atoms with E-state index < -0.39 is 0 Å². The fourth-order valence-electron chi connectivity index (χ4n) is 2.47. The highest BCUT2D eigenvalue weighted by Gasteiger charge is 2.27. The smallest absolute Gasteiger partial charge is 0.0931 e. The Morgan fingerprint density at radius 2 is 2.33 bits per heavy atom. The van der Waals surface area contributed by atoms with Crippen molar-refractivity contribution in [3.8, 4) is 0 Å². The van der Waals surface area contributed by atoms with Gasteiger partial charge in [0.2, 0.25) is 0 Å². The number of hydrogen-bond acceptors (Lipinski definition) is 3. The Balaban J connectivity index is 1.97. The molecule has 1 aromatic rings. The van der Waals surface area contributed by atoms with Gasteiger partial charge in [-0.1, -0.05) is 31.9 Å². The molecular weight excluding hydrogens is 264 g/mol. The van der Waals surface area contributed by atoms with Crippen LogP contribution in [0.1, 0.15) is 32.1 Å². The monoisotopic (exact) mass is 286 g/mol. The number of rotatable bonds is 4. The van der Waals surface area contributed by atoms with Crippen LogP contribution in [0.25, 0.3) is 0 Å². The number of nitrogens with one attached hydrogen (secondary N) is 1. The summed E-state index contributed by atoms with van der Waals surface area (Å²) in [4.78, 5) is 3.95. The second-order valence-corrected chi connectivity index (χ2v) is 7.18. The molecule has 0 saturated carbocycles. The molecule has 0 bridgehead atoms. The first kappa shape index (κ1) is 14.3. The largest absolute Gasteiger partial charge is 0.311 e. The topological polar surface area (TPSA) is 15.3 Å². The van der Waals surface area contributed by atoms with Gasteiger partial charge in [-0.2, -0.15) is 0 Å². The fraction of sp³-hybridized carbons (Fsp3) is 0.714. The molecule has 1 fully saturated rings. The lowest BCUT2D eigenvalue weighted by atomic mass is 9.95. The van der Waals surface area contributed by atoms with Gasteiger partial charge < -0.3 is 5.32 Å². The lowest BCUT2D eigenvalue weighted by Gasteiger charge is -2.40. The number of halogens is 1. The molecule has 2 rings (SSSR count). The van der Waals surface area contributed by atoms with Gasteiger partial charge in [0, 0.05) is 36.6 Å². The first-order chi connectivity index (χ1) is 8.60. The van der Waals surface area contributed by atoms with Crippen LogP contribution in [0.4, 0.5) is 0 Å². The van der Waals surface area contributed by atoms with Crippen LogP contribution in [0.5, 0.6) is 0 Å². The highest BCUT2D eigenvalue weighted by atomic mass is 35.5. The minimum atomic E-state index is 0.603. The number of piperazine rings is 1. The highest BCUT2D eigenvalue weighted by Crippen LogP contribution is 2.25. The Morgan fingerprint density at radius 3 is 2.94 bits per heavy atom. The van der Waals surface area contributed by atoms with Crippen LogP contribution in [0.2, 0.25) is 4.34 Å². The summed E-state index contributed by atoms with van der Waals surface area (Å²) in [5.41, 5.74) is 0. The zero-order valence-electron chi connectivity index (χ0n) is 11.4. The molecule has 1 N–H and O–H groups in total. The molecule has 4 heteroatoms. The van der Waals surface area contributed by atoms with Gasteiger partial charge in [-0.25, -0.2) is 0 Å². The van der Waals surface area contributed by atoms with E-state index in [0.29, 0.717) is 12.1 Å². The molecule has 3 unspecified atom stereocenters. The summed E-state index contributed by atoms with van der Waals surface area (Å²) in [6.07, 6.45) is 1.24. The van der Waals surface area contributed by atoms with Crippen LogP contribution < -0.4 is 5.32 Å². The third kappa shape index (κ3) is 3.47. The maximum atomic E-state index is 6.00. The molecular formula is C14H23ClN2S. The molecule has 0 spiro atoms. The van der Waals surface area contributed by atoms with Crippen molar-refractivity contribution in [2.75, 3.05) is 13.1 Å². The van der Waals surface area contributed by atoms with Crippen LogP contribution in [-0.2, 0) is 6.54 Å². The minimum Gasteiger partial charge on any atom is -0.311 e. The van der Waals surface area contributed by atoms with Crippen molar-refractivity contribution in [1.29, 1.82) is 0 Å². The molecule has 1 aromatic heterocycles. The van der Waals surface area contributed by atoms with Gasteiger partial charge in [-0.3, -0.25) is 4.90 Å². The molecule has 3 atom stereocenters. The Kier molecular flexibility index (Phi) is 5.07. The fourth-order valence-corrected chi connectivity index (χ4v) is 3.58. The zero-order chi connectivity index (χ0) is 13.1. The number of hydrogen-bond donors (Lipinski definition) is 1. The lowest BCUT2D eigenvalue weighted by Crippen LogP contribution is -2.56. The third-order valence-corrected chi connectivity index (χ3v) is 5.26. The maximum absolute atomic E-state index is 6.00. The third-order valence-electron chi connectivity index (χ3n) is 4.05. The van der Waals surface area contributed by atoms with Crippen molar-refractivity contribution in [2.24, 2.45) is 5.92 Å². The van der Waals surface area contributed by atoms with Gasteiger partial charge >= 0.3 is 0 Å². The van der Waals surface area contributed by atoms with Crippen molar-refractivity contribution < 1.29 is 0 Å². The second kappa shape index (κ2) is 6.38. The van der Waals surface area contributed by atoms with E-state index in [2.05, 4.69) is 37.1 Å². The normalized spacial score (nSPS) is 27.3. The zero-order valence-corrected chi connectivity index (χ0v) is 13.0. The SMILES string of the molecule is CCC(C)C1CN(Cc2ccc(Cl)s2)C(C)CN1. The van der Waals surface area contributed by atoms with E-state index in [0.717, 1.165) is 29.9 Å². The van der Waals surface area contributed by atoms with E-state index in [-0.39, 0.29) is 0 Å². The van der Waals surface area contributed by atoms with Crippen molar-refractivity contribution >= 4 is 22.9 Å². The number of thiophene rings is 1. The average molecular weight is 287 g/mol. The van der Waals surface area contributed by atoms with E-state index in [1.807, 2.05) is 6.07 Å². The number of nitrogens with zero attached hydrogens (tertiary/aromatic N) is 1. The van der Waals surface area contributed by atoms with Gasteiger partial charge in [-0.15, -0.1) is 11.3 Å². The van der Waals surface area contributed by atoms with Crippen molar-refractivity contribution in [3.05, 3.63) is 21.3 Å². The van der Waals surface area contributed by atoms with E-state index in [1.165, 1.54) is 11.3 Å². The first-order valence-electron chi connectivity index (χ1n) is 6.81. The van der Waals surface area contributed by atoms with E-state index in [4.69, 9.17) is 11.6 Å². The Labute approximate surface area is 119 Å². The van der Waals surface area contributed by atoms with Gasteiger partial charge in [0.15, 0.2) is 0 Å². The van der Waals surface area contributed by atoms with Crippen LogP contribution >= 0.6 is 22.9 Å². The van der Waals surface area contributed by atoms with Crippen LogP contribution in [-0.4, -0.2) is 30.1 Å². The molecule has 0 radical (unpaired) electrons. The molecule has 1 aliphatic heterocycles. The predicted octanol–water partition coefficient (Wildman–Crippen LogP) is 3.61. The Hall–Kier alpha value is -0.0900. The molecule has 1 saturated heterocycles. The molecule has 1 aliphatic rings. The molecule has 0 aromatic carbocycles. The van der Waals surface area contributed by atoms with Crippen molar-refractivity contribution in [2.45, 2.75) is 45.8 Å². The first-order valence-corrected chi connectivity index (χ1v) is 8.01. The molecule has 0 aliphatic carbocycles. The van der Waals surface area contributed by atoms with Crippen molar-refractivity contribution in [3.63, 3.8) is 0 Å². The standard InChI is InChI=1S/C14H23ClN2S/c1-4-10(2)13-9-17(11(3)7-16-13)8-12-5-6-14(15)18-12/h5-6,10-11,13,16H,4,7-9H2,1-3H3. The average Bonchev–Trinajstić information content (AvgIpc) is 2.76. The summed E-state index contributed by atoms with van der Waals surface area (Å²) in [5.74, 6) is 0.743. The maximum Gasteiger partial charge on any atom is 0.0931 e. The summed E-state index contributed by atoms with van der Waals surface area (Å²) in [7, 11) is 0. The quantitative estimate of drug-likeness (QED) is 0.910. The van der Waals surface area contributed by atoms with Crippen LogP contribution in [0.3, 0.4) is 0 Å². The molecule has 2 heterocycles. The van der Waals surface area contributed by atoms with Gasteiger partial charge in [-0.05, 0) is 25.0 Å². The molecule has 18 heavy (non-hydrogen) atoms. The molecule has 2 nitrogen and oxygen atoms in total. The summed E-state index contributed by atoms with van der Waals surface area (Å²) in [6.45, 7) is 10.2.